The van der Waals surface area contributed by atoms with E-state index in [1.165, 1.54) is 5.56 Å². The number of hydrogen-bond donors (Lipinski definition) is 2. The van der Waals surface area contributed by atoms with Gasteiger partial charge >= 0.3 is 0 Å². The second-order valence-electron chi connectivity index (χ2n) is 5.51. The van der Waals surface area contributed by atoms with Crippen molar-refractivity contribution in [3.8, 4) is 0 Å². The first-order chi connectivity index (χ1) is 9.81. The van der Waals surface area contributed by atoms with Crippen molar-refractivity contribution in [3.63, 3.8) is 0 Å². The molecule has 0 aromatic carbocycles. The number of nitrogens with zero attached hydrogens (tertiary/aromatic N) is 3. The minimum Gasteiger partial charge on any atom is -0.391 e. The molecule has 20 heavy (non-hydrogen) atoms. The van der Waals surface area contributed by atoms with Crippen LogP contribution in [0, 0.1) is 5.92 Å². The van der Waals surface area contributed by atoms with E-state index in [2.05, 4.69) is 19.9 Å². The summed E-state index contributed by atoms with van der Waals surface area (Å²) >= 11 is 0. The molecular weight excluding hydrogens is 252 g/mol. The van der Waals surface area contributed by atoms with E-state index in [1.807, 2.05) is 24.7 Å². The van der Waals surface area contributed by atoms with E-state index in [0.29, 0.717) is 5.92 Å². The highest BCUT2D eigenvalue weighted by atomic mass is 16.3. The second-order valence-corrected chi connectivity index (χ2v) is 5.51. The Kier molecular flexibility index (Phi) is 4.08. The number of aromatic nitrogens is 3. The molecular formula is C15H20N4O. The van der Waals surface area contributed by atoms with Crippen LogP contribution < -0.4 is 5.32 Å². The Bertz CT molecular complexity index is 514. The normalized spacial score (nSPS) is 25.9. The minimum atomic E-state index is -0.259. The molecule has 3 atom stereocenters. The van der Waals surface area contributed by atoms with Gasteiger partial charge in [-0.2, -0.15) is 0 Å². The van der Waals surface area contributed by atoms with Crippen LogP contribution in [0.4, 0.5) is 0 Å². The molecule has 0 aliphatic heterocycles. The van der Waals surface area contributed by atoms with Gasteiger partial charge in [0.05, 0.1) is 12.4 Å². The lowest BCUT2D eigenvalue weighted by molar-refractivity contribution is 0.145. The Hall–Kier alpha value is -1.72. The summed E-state index contributed by atoms with van der Waals surface area (Å²) < 4.78 is 2.09. The maximum atomic E-state index is 10.2. The Morgan fingerprint density at radius 2 is 2.05 bits per heavy atom. The van der Waals surface area contributed by atoms with Crippen LogP contribution in [-0.4, -0.2) is 31.8 Å². The molecule has 0 saturated heterocycles. The number of hydrogen-bond acceptors (Lipinski definition) is 4. The summed E-state index contributed by atoms with van der Waals surface area (Å²) in [6, 6.07) is 4.17. The Morgan fingerprint density at radius 1 is 1.20 bits per heavy atom. The number of pyridine rings is 1. The molecule has 1 aliphatic rings. The summed E-state index contributed by atoms with van der Waals surface area (Å²) in [7, 11) is 0. The fourth-order valence-electron chi connectivity index (χ4n) is 2.93. The third kappa shape index (κ3) is 3.23. The lowest BCUT2D eigenvalue weighted by Crippen LogP contribution is -2.35. The zero-order chi connectivity index (χ0) is 13.8. The molecule has 1 aliphatic carbocycles. The maximum absolute atomic E-state index is 10.2. The van der Waals surface area contributed by atoms with Gasteiger partial charge in [-0.25, -0.2) is 4.98 Å². The largest absolute Gasteiger partial charge is 0.391 e. The number of nitrogens with one attached hydrogen (secondary N) is 1. The van der Waals surface area contributed by atoms with E-state index < -0.39 is 0 Å². The SMILES string of the molecule is O[C@@H]1CC(Cn2ccnc2)C[C@H]1NCc1ccncc1. The van der Waals surface area contributed by atoms with Gasteiger partial charge < -0.3 is 15.0 Å². The fraction of sp³-hybridized carbons (Fsp3) is 0.467. The predicted octanol–water partition coefficient (Wildman–Crippen LogP) is 1.21. The minimum absolute atomic E-state index is 0.177. The molecule has 0 bridgehead atoms. The van der Waals surface area contributed by atoms with Gasteiger partial charge in [-0.05, 0) is 36.5 Å². The molecule has 2 aromatic heterocycles. The van der Waals surface area contributed by atoms with Gasteiger partial charge in [0.25, 0.3) is 0 Å². The quantitative estimate of drug-likeness (QED) is 0.858. The van der Waals surface area contributed by atoms with Gasteiger partial charge in [0.1, 0.15) is 0 Å². The summed E-state index contributed by atoms with van der Waals surface area (Å²) in [5.41, 5.74) is 1.20. The van der Waals surface area contributed by atoms with Gasteiger partial charge in [-0.1, -0.05) is 0 Å². The van der Waals surface area contributed by atoms with Gasteiger partial charge in [0.15, 0.2) is 0 Å². The summed E-state index contributed by atoms with van der Waals surface area (Å²) in [5, 5.41) is 13.6. The van der Waals surface area contributed by atoms with Crippen molar-refractivity contribution in [2.24, 2.45) is 5.92 Å². The molecule has 3 rings (SSSR count). The van der Waals surface area contributed by atoms with E-state index in [1.54, 1.807) is 18.6 Å². The zero-order valence-corrected chi connectivity index (χ0v) is 11.4. The first kappa shape index (κ1) is 13.3. The van der Waals surface area contributed by atoms with Crippen LogP contribution in [0.1, 0.15) is 18.4 Å². The smallest absolute Gasteiger partial charge is 0.0945 e. The Labute approximate surface area is 118 Å². The van der Waals surface area contributed by atoms with Crippen LogP contribution >= 0.6 is 0 Å². The van der Waals surface area contributed by atoms with Gasteiger partial charge in [-0.3, -0.25) is 4.98 Å². The standard InChI is InChI=1S/C15H20N4O/c20-15-8-13(10-19-6-5-17-11-19)7-14(15)18-9-12-1-3-16-4-2-12/h1-6,11,13-15,18,20H,7-10H2/t13?,14-,15-/m1/s1. The van der Waals surface area contributed by atoms with E-state index in [-0.39, 0.29) is 12.1 Å². The van der Waals surface area contributed by atoms with Crippen molar-refractivity contribution in [2.75, 3.05) is 0 Å². The molecule has 1 fully saturated rings. The summed E-state index contributed by atoms with van der Waals surface area (Å²) in [6.45, 7) is 1.71. The molecule has 5 nitrogen and oxygen atoms in total. The first-order valence-corrected chi connectivity index (χ1v) is 7.07. The molecule has 2 heterocycles. The Morgan fingerprint density at radius 3 is 2.80 bits per heavy atom. The number of aliphatic hydroxyl groups is 1. The van der Waals surface area contributed by atoms with Gasteiger partial charge in [0, 0.05) is 43.9 Å². The highest BCUT2D eigenvalue weighted by molar-refractivity contribution is 5.09. The number of aliphatic hydroxyl groups excluding tert-OH is 1. The van der Waals surface area contributed by atoms with Gasteiger partial charge in [-0.15, -0.1) is 0 Å². The van der Waals surface area contributed by atoms with Crippen molar-refractivity contribution in [3.05, 3.63) is 48.8 Å². The predicted molar refractivity (Wildman–Crippen MR) is 75.8 cm³/mol. The van der Waals surface area contributed by atoms with Crippen molar-refractivity contribution < 1.29 is 5.11 Å². The summed E-state index contributed by atoms with van der Waals surface area (Å²) in [6.07, 6.45) is 10.8. The fourth-order valence-corrected chi connectivity index (χ4v) is 2.93. The van der Waals surface area contributed by atoms with Crippen LogP contribution in [0.15, 0.2) is 43.2 Å². The molecule has 2 N–H and O–H groups in total. The van der Waals surface area contributed by atoms with E-state index >= 15 is 0 Å². The van der Waals surface area contributed by atoms with Crippen molar-refractivity contribution in [1.29, 1.82) is 0 Å². The maximum Gasteiger partial charge on any atom is 0.0945 e. The first-order valence-electron chi connectivity index (χ1n) is 7.07. The van der Waals surface area contributed by atoms with E-state index in [4.69, 9.17) is 0 Å². The zero-order valence-electron chi connectivity index (χ0n) is 11.4. The topological polar surface area (TPSA) is 63.0 Å². The van der Waals surface area contributed by atoms with Crippen LogP contribution in [0.2, 0.25) is 0 Å². The molecule has 0 radical (unpaired) electrons. The monoisotopic (exact) mass is 272 g/mol. The number of rotatable bonds is 5. The van der Waals surface area contributed by atoms with Gasteiger partial charge in [0.2, 0.25) is 0 Å². The summed E-state index contributed by atoms with van der Waals surface area (Å²) in [4.78, 5) is 8.07. The van der Waals surface area contributed by atoms with Crippen molar-refractivity contribution in [2.45, 2.75) is 38.1 Å². The molecule has 1 saturated carbocycles. The highest BCUT2D eigenvalue weighted by Crippen LogP contribution is 2.27. The molecule has 2 aromatic rings. The van der Waals surface area contributed by atoms with Crippen molar-refractivity contribution >= 4 is 0 Å². The molecule has 0 amide bonds. The Balaban J connectivity index is 1.51. The third-order valence-electron chi connectivity index (χ3n) is 3.97. The average molecular weight is 272 g/mol. The number of imidazole rings is 1. The third-order valence-corrected chi connectivity index (χ3v) is 3.97. The average Bonchev–Trinajstić information content (AvgIpc) is 3.08. The van der Waals surface area contributed by atoms with Crippen LogP contribution in [-0.2, 0) is 13.1 Å². The van der Waals surface area contributed by atoms with E-state index in [9.17, 15) is 5.11 Å². The lowest BCUT2D eigenvalue weighted by atomic mass is 10.1. The highest BCUT2D eigenvalue weighted by Gasteiger charge is 2.32. The van der Waals surface area contributed by atoms with Crippen molar-refractivity contribution in [1.82, 2.24) is 19.9 Å². The van der Waals surface area contributed by atoms with E-state index in [0.717, 1.165) is 25.9 Å². The second kappa shape index (κ2) is 6.15. The van der Waals surface area contributed by atoms with Crippen LogP contribution in [0.3, 0.4) is 0 Å². The lowest BCUT2D eigenvalue weighted by Gasteiger charge is -2.16. The summed E-state index contributed by atoms with van der Waals surface area (Å²) in [5.74, 6) is 0.508. The molecule has 106 valence electrons. The molecule has 0 spiro atoms. The van der Waals surface area contributed by atoms with Crippen LogP contribution in [0.5, 0.6) is 0 Å². The molecule has 1 unspecified atom stereocenters. The van der Waals surface area contributed by atoms with Crippen LogP contribution in [0.25, 0.3) is 0 Å². The molecule has 5 heteroatoms.